The van der Waals surface area contributed by atoms with E-state index in [1.54, 1.807) is 0 Å². The smallest absolute Gasteiger partial charge is 0.225 e. The Bertz CT molecular complexity index is 354. The van der Waals surface area contributed by atoms with Crippen LogP contribution >= 0.6 is 0 Å². The molecule has 0 saturated heterocycles. The summed E-state index contributed by atoms with van der Waals surface area (Å²) in [6.07, 6.45) is 0.478. The molecule has 0 aliphatic carbocycles. The Morgan fingerprint density at radius 3 is 2.35 bits per heavy atom. The Kier molecular flexibility index (Phi) is 4.70. The van der Waals surface area contributed by atoms with Gasteiger partial charge in [-0.1, -0.05) is 18.2 Å². The van der Waals surface area contributed by atoms with Crippen molar-refractivity contribution in [2.75, 3.05) is 5.32 Å². The van der Waals surface area contributed by atoms with Crippen molar-refractivity contribution in [3.05, 3.63) is 30.3 Å². The number of hydrogen-bond donors (Lipinski definition) is 2. The van der Waals surface area contributed by atoms with E-state index in [2.05, 4.69) is 31.4 Å². The average Bonchev–Trinajstić information content (AvgIpc) is 2.15. The van der Waals surface area contributed by atoms with Gasteiger partial charge >= 0.3 is 0 Å². The minimum Gasteiger partial charge on any atom is -0.326 e. The van der Waals surface area contributed by atoms with Gasteiger partial charge in [-0.3, -0.25) is 4.79 Å². The van der Waals surface area contributed by atoms with Crippen LogP contribution < -0.4 is 10.6 Å². The molecule has 0 aromatic heterocycles. The van der Waals surface area contributed by atoms with Crippen LogP contribution in [0.2, 0.25) is 0 Å². The summed E-state index contributed by atoms with van der Waals surface area (Å²) < 4.78 is 0. The quantitative estimate of drug-likeness (QED) is 0.841. The van der Waals surface area contributed by atoms with Crippen LogP contribution in [0, 0.1) is 0 Å². The van der Waals surface area contributed by atoms with Crippen molar-refractivity contribution in [2.24, 2.45) is 0 Å². The summed E-state index contributed by atoms with van der Waals surface area (Å²) in [7, 11) is 0. The van der Waals surface area contributed by atoms with Gasteiger partial charge in [0.15, 0.2) is 0 Å². The second kappa shape index (κ2) is 5.82. The van der Waals surface area contributed by atoms with E-state index in [1.807, 2.05) is 37.3 Å². The fraction of sp³-hybridized carbons (Fsp3) is 0.500. The third-order valence-electron chi connectivity index (χ3n) is 2.23. The zero-order valence-corrected chi connectivity index (χ0v) is 11.1. The minimum absolute atomic E-state index is 0.0342. The minimum atomic E-state index is 0.0342. The summed E-state index contributed by atoms with van der Waals surface area (Å²) in [4.78, 5) is 11.8. The molecule has 3 nitrogen and oxygen atoms in total. The predicted octanol–water partition coefficient (Wildman–Crippen LogP) is 2.79. The van der Waals surface area contributed by atoms with Gasteiger partial charge in [0.2, 0.25) is 5.91 Å². The first-order valence-corrected chi connectivity index (χ1v) is 5.99. The Balaban J connectivity index is 2.40. The zero-order valence-electron chi connectivity index (χ0n) is 11.1. The van der Waals surface area contributed by atoms with Crippen LogP contribution in [0.25, 0.3) is 0 Å². The highest BCUT2D eigenvalue weighted by Gasteiger charge is 2.16. The Labute approximate surface area is 104 Å². The van der Waals surface area contributed by atoms with E-state index in [0.29, 0.717) is 6.42 Å². The largest absolute Gasteiger partial charge is 0.326 e. The van der Waals surface area contributed by atoms with E-state index in [9.17, 15) is 4.79 Å². The number of carbonyl (C=O) groups excluding carboxylic acids is 1. The second-order valence-corrected chi connectivity index (χ2v) is 5.41. The van der Waals surface area contributed by atoms with Crippen molar-refractivity contribution in [3.8, 4) is 0 Å². The van der Waals surface area contributed by atoms with Crippen LogP contribution in [0.3, 0.4) is 0 Å². The fourth-order valence-electron chi connectivity index (χ4n) is 1.80. The third-order valence-corrected chi connectivity index (χ3v) is 2.23. The number of benzene rings is 1. The Morgan fingerprint density at radius 1 is 1.24 bits per heavy atom. The molecule has 0 aliphatic rings. The number of amides is 1. The number of nitrogens with one attached hydrogen (secondary N) is 2. The molecule has 0 heterocycles. The van der Waals surface area contributed by atoms with E-state index in [0.717, 1.165) is 5.69 Å². The van der Waals surface area contributed by atoms with Crippen LogP contribution in [-0.2, 0) is 4.79 Å². The number of rotatable bonds is 4. The van der Waals surface area contributed by atoms with E-state index in [4.69, 9.17) is 0 Å². The first-order valence-electron chi connectivity index (χ1n) is 5.99. The number of hydrogen-bond acceptors (Lipinski definition) is 2. The highest BCUT2D eigenvalue weighted by molar-refractivity contribution is 5.90. The van der Waals surface area contributed by atoms with E-state index >= 15 is 0 Å². The van der Waals surface area contributed by atoms with E-state index < -0.39 is 0 Å². The summed E-state index contributed by atoms with van der Waals surface area (Å²) in [5, 5.41) is 6.25. The van der Waals surface area contributed by atoms with E-state index in [-0.39, 0.29) is 17.5 Å². The maximum Gasteiger partial charge on any atom is 0.225 e. The van der Waals surface area contributed by atoms with Crippen LogP contribution in [0.5, 0.6) is 0 Å². The summed E-state index contributed by atoms with van der Waals surface area (Å²) in [6.45, 7) is 8.31. The molecule has 2 N–H and O–H groups in total. The molecule has 0 fully saturated rings. The number of anilines is 1. The molecule has 1 atom stereocenters. The van der Waals surface area contributed by atoms with Gasteiger partial charge in [-0.05, 0) is 39.8 Å². The standard InChI is InChI=1S/C14H22N2O/c1-11(16-14(2,3)4)10-13(17)15-12-8-6-5-7-9-12/h5-9,11,16H,10H2,1-4H3,(H,15,17)/t11-/m1/s1. The van der Waals surface area contributed by atoms with Crippen molar-refractivity contribution in [3.63, 3.8) is 0 Å². The van der Waals surface area contributed by atoms with Gasteiger partial charge in [-0.15, -0.1) is 0 Å². The molecule has 0 aliphatic heterocycles. The average molecular weight is 234 g/mol. The lowest BCUT2D eigenvalue weighted by Crippen LogP contribution is -2.43. The SMILES string of the molecule is C[C@H](CC(=O)Nc1ccccc1)NC(C)(C)C. The predicted molar refractivity (Wildman–Crippen MR) is 72.0 cm³/mol. The van der Waals surface area contributed by atoms with Gasteiger partial charge in [-0.2, -0.15) is 0 Å². The topological polar surface area (TPSA) is 41.1 Å². The first kappa shape index (κ1) is 13.7. The lowest BCUT2D eigenvalue weighted by Gasteiger charge is -2.25. The van der Waals surface area contributed by atoms with Gasteiger partial charge < -0.3 is 10.6 Å². The fourth-order valence-corrected chi connectivity index (χ4v) is 1.80. The molecule has 1 aromatic rings. The molecule has 1 amide bonds. The molecule has 94 valence electrons. The van der Waals surface area contributed by atoms with Crippen LogP contribution in [0.4, 0.5) is 5.69 Å². The van der Waals surface area contributed by atoms with E-state index in [1.165, 1.54) is 0 Å². The summed E-state index contributed by atoms with van der Waals surface area (Å²) in [5.74, 6) is 0.0421. The normalized spacial score (nSPS) is 13.2. The van der Waals surface area contributed by atoms with Gasteiger partial charge in [0.25, 0.3) is 0 Å². The van der Waals surface area contributed by atoms with Crippen molar-refractivity contribution in [2.45, 2.75) is 45.7 Å². The van der Waals surface area contributed by atoms with Crippen molar-refractivity contribution < 1.29 is 4.79 Å². The Morgan fingerprint density at radius 2 is 1.82 bits per heavy atom. The second-order valence-electron chi connectivity index (χ2n) is 5.41. The maximum absolute atomic E-state index is 11.8. The van der Waals surface area contributed by atoms with Crippen molar-refractivity contribution in [1.29, 1.82) is 0 Å². The van der Waals surface area contributed by atoms with Crippen LogP contribution in [-0.4, -0.2) is 17.5 Å². The monoisotopic (exact) mass is 234 g/mol. The molecule has 0 unspecified atom stereocenters. The number of para-hydroxylation sites is 1. The first-order chi connectivity index (χ1) is 7.87. The lowest BCUT2D eigenvalue weighted by molar-refractivity contribution is -0.116. The summed E-state index contributed by atoms with van der Waals surface area (Å²) in [6, 6.07) is 9.69. The summed E-state index contributed by atoms with van der Waals surface area (Å²) >= 11 is 0. The molecule has 0 saturated carbocycles. The van der Waals surface area contributed by atoms with Gasteiger partial charge in [0, 0.05) is 23.7 Å². The molecule has 0 bridgehead atoms. The van der Waals surface area contributed by atoms with Crippen molar-refractivity contribution >= 4 is 11.6 Å². The molecule has 3 heteroatoms. The van der Waals surface area contributed by atoms with Gasteiger partial charge in [0.05, 0.1) is 0 Å². The molecule has 17 heavy (non-hydrogen) atoms. The molecule has 1 rings (SSSR count). The zero-order chi connectivity index (χ0) is 12.9. The lowest BCUT2D eigenvalue weighted by atomic mass is 10.1. The molecule has 0 radical (unpaired) electrons. The molecule has 0 spiro atoms. The molecular weight excluding hydrogens is 212 g/mol. The van der Waals surface area contributed by atoms with Gasteiger partial charge in [0.1, 0.15) is 0 Å². The van der Waals surface area contributed by atoms with Crippen LogP contribution in [0.1, 0.15) is 34.1 Å². The highest BCUT2D eigenvalue weighted by Crippen LogP contribution is 2.08. The number of carbonyl (C=O) groups is 1. The maximum atomic E-state index is 11.8. The van der Waals surface area contributed by atoms with Gasteiger partial charge in [-0.25, -0.2) is 0 Å². The molecular formula is C14H22N2O. The Hall–Kier alpha value is -1.35. The third kappa shape index (κ3) is 6.07. The highest BCUT2D eigenvalue weighted by atomic mass is 16.1. The van der Waals surface area contributed by atoms with Crippen molar-refractivity contribution in [1.82, 2.24) is 5.32 Å². The van der Waals surface area contributed by atoms with Crippen LogP contribution in [0.15, 0.2) is 30.3 Å². The summed E-state index contributed by atoms with van der Waals surface area (Å²) in [5.41, 5.74) is 0.882. The molecule has 1 aromatic carbocycles.